The summed E-state index contributed by atoms with van der Waals surface area (Å²) in [5.41, 5.74) is 0.578. The molecule has 0 N–H and O–H groups in total. The number of amides is 2. The summed E-state index contributed by atoms with van der Waals surface area (Å²) in [5, 5.41) is 0. The van der Waals surface area contributed by atoms with Gasteiger partial charge in [0, 0.05) is 25.6 Å². The van der Waals surface area contributed by atoms with Crippen LogP contribution in [-0.4, -0.2) is 42.3 Å². The molecule has 5 nitrogen and oxygen atoms in total. The van der Waals surface area contributed by atoms with Gasteiger partial charge in [-0.3, -0.25) is 9.59 Å². The largest absolute Gasteiger partial charge is 0.464 e. The zero-order valence-corrected chi connectivity index (χ0v) is 14.9. The second-order valence-corrected chi connectivity index (χ2v) is 6.90. The highest BCUT2D eigenvalue weighted by molar-refractivity contribution is 5.96. The Bertz CT molecular complexity index is 753. The van der Waals surface area contributed by atoms with Crippen LogP contribution < -0.4 is 0 Å². The Morgan fingerprint density at radius 3 is 2.40 bits per heavy atom. The summed E-state index contributed by atoms with van der Waals surface area (Å²) in [6.45, 7) is 2.66. The Hall–Kier alpha value is -2.56. The molecule has 2 amide bonds. The van der Waals surface area contributed by atoms with E-state index in [1.807, 2.05) is 30.3 Å². The van der Waals surface area contributed by atoms with Gasteiger partial charge in [-0.25, -0.2) is 0 Å². The van der Waals surface area contributed by atoms with Gasteiger partial charge < -0.3 is 14.2 Å². The Kier molecular flexibility index (Phi) is 4.93. The van der Waals surface area contributed by atoms with E-state index < -0.39 is 0 Å². The van der Waals surface area contributed by atoms with Crippen molar-refractivity contribution in [1.82, 2.24) is 9.80 Å². The number of likely N-dealkylation sites (N-methyl/N-ethyl adjacent to an activating group) is 2. The lowest BCUT2D eigenvalue weighted by molar-refractivity contribution is -0.131. The van der Waals surface area contributed by atoms with Gasteiger partial charge in [0.2, 0.25) is 5.91 Å². The van der Waals surface area contributed by atoms with Crippen molar-refractivity contribution in [3.05, 3.63) is 59.5 Å². The van der Waals surface area contributed by atoms with Gasteiger partial charge in [0.25, 0.3) is 5.91 Å². The van der Waals surface area contributed by atoms with Crippen molar-refractivity contribution in [2.45, 2.75) is 25.8 Å². The van der Waals surface area contributed by atoms with Crippen LogP contribution in [0.15, 0.2) is 46.9 Å². The van der Waals surface area contributed by atoms with E-state index in [-0.39, 0.29) is 18.4 Å². The van der Waals surface area contributed by atoms with E-state index in [9.17, 15) is 9.59 Å². The zero-order valence-electron chi connectivity index (χ0n) is 14.9. The molecule has 2 atom stereocenters. The first-order valence-corrected chi connectivity index (χ1v) is 8.58. The van der Waals surface area contributed by atoms with Crippen molar-refractivity contribution in [2.75, 3.05) is 20.6 Å². The SMILES string of the molecule is CC1CC1c1ccc(CN(C)C(=O)CN(C)C(=O)c2ccccc2)o1. The Labute approximate surface area is 148 Å². The normalized spacial score (nSPS) is 18.7. The third-order valence-electron chi connectivity index (χ3n) is 4.72. The van der Waals surface area contributed by atoms with Gasteiger partial charge >= 0.3 is 0 Å². The lowest BCUT2D eigenvalue weighted by Crippen LogP contribution is -2.39. The molecule has 0 bridgehead atoms. The maximum Gasteiger partial charge on any atom is 0.254 e. The predicted molar refractivity (Wildman–Crippen MR) is 95.1 cm³/mol. The summed E-state index contributed by atoms with van der Waals surface area (Å²) in [4.78, 5) is 27.7. The highest BCUT2D eigenvalue weighted by Gasteiger charge is 2.36. The number of nitrogens with zero attached hydrogens (tertiary/aromatic N) is 2. The lowest BCUT2D eigenvalue weighted by Gasteiger charge is -2.21. The van der Waals surface area contributed by atoms with Crippen LogP contribution in [-0.2, 0) is 11.3 Å². The monoisotopic (exact) mass is 340 g/mol. The molecule has 0 aliphatic heterocycles. The third-order valence-corrected chi connectivity index (χ3v) is 4.72. The van der Waals surface area contributed by atoms with Crippen LogP contribution in [0.5, 0.6) is 0 Å². The maximum atomic E-state index is 12.4. The van der Waals surface area contributed by atoms with E-state index in [0.29, 0.717) is 23.9 Å². The standard InChI is InChI=1S/C20H24N2O3/c1-14-11-17(14)18-10-9-16(25-18)12-21(2)19(23)13-22(3)20(24)15-7-5-4-6-8-15/h4-10,14,17H,11-13H2,1-3H3. The molecule has 1 fully saturated rings. The molecular formula is C20H24N2O3. The van der Waals surface area contributed by atoms with Crippen LogP contribution in [0, 0.1) is 5.92 Å². The molecule has 0 spiro atoms. The minimum atomic E-state index is -0.162. The van der Waals surface area contributed by atoms with Gasteiger partial charge in [0.1, 0.15) is 11.5 Å². The molecule has 132 valence electrons. The van der Waals surface area contributed by atoms with E-state index in [4.69, 9.17) is 4.42 Å². The fraction of sp³-hybridized carbons (Fsp3) is 0.400. The summed E-state index contributed by atoms with van der Waals surface area (Å²) in [7, 11) is 3.37. The van der Waals surface area contributed by atoms with E-state index in [0.717, 1.165) is 11.5 Å². The number of carbonyl (C=O) groups is 2. The van der Waals surface area contributed by atoms with Gasteiger partial charge in [-0.2, -0.15) is 0 Å². The van der Waals surface area contributed by atoms with E-state index in [1.165, 1.54) is 11.3 Å². The summed E-state index contributed by atoms with van der Waals surface area (Å²) in [5.74, 6) is 2.73. The van der Waals surface area contributed by atoms with Crippen molar-refractivity contribution in [3.63, 3.8) is 0 Å². The average Bonchev–Trinajstić information content (AvgIpc) is 3.16. The van der Waals surface area contributed by atoms with Crippen molar-refractivity contribution >= 4 is 11.8 Å². The second-order valence-electron chi connectivity index (χ2n) is 6.90. The number of rotatable bonds is 6. The first-order chi connectivity index (χ1) is 12.0. The van der Waals surface area contributed by atoms with Crippen molar-refractivity contribution in [1.29, 1.82) is 0 Å². The molecule has 1 saturated carbocycles. The van der Waals surface area contributed by atoms with Gasteiger partial charge in [0.05, 0.1) is 13.1 Å². The minimum absolute atomic E-state index is 0.0391. The topological polar surface area (TPSA) is 53.8 Å². The quantitative estimate of drug-likeness (QED) is 0.812. The van der Waals surface area contributed by atoms with Crippen LogP contribution in [0.2, 0.25) is 0 Å². The van der Waals surface area contributed by atoms with Crippen molar-refractivity contribution in [3.8, 4) is 0 Å². The fourth-order valence-corrected chi connectivity index (χ4v) is 2.92. The molecule has 2 unspecified atom stereocenters. The predicted octanol–water partition coefficient (Wildman–Crippen LogP) is 3.13. The van der Waals surface area contributed by atoms with Gasteiger partial charge in [-0.15, -0.1) is 0 Å². The fourth-order valence-electron chi connectivity index (χ4n) is 2.92. The molecule has 1 aliphatic rings. The molecule has 1 aromatic heterocycles. The number of furan rings is 1. The van der Waals surface area contributed by atoms with Crippen LogP contribution in [0.3, 0.4) is 0 Å². The number of hydrogen-bond donors (Lipinski definition) is 0. The Balaban J connectivity index is 1.53. The van der Waals surface area contributed by atoms with E-state index in [2.05, 4.69) is 6.92 Å². The van der Waals surface area contributed by atoms with Crippen LogP contribution in [0.1, 0.15) is 41.1 Å². The molecule has 1 heterocycles. The second kappa shape index (κ2) is 7.13. The third kappa shape index (κ3) is 4.10. The Morgan fingerprint density at radius 2 is 1.76 bits per heavy atom. The summed E-state index contributed by atoms with van der Waals surface area (Å²) in [6.07, 6.45) is 1.17. The molecule has 0 saturated heterocycles. The van der Waals surface area contributed by atoms with Gasteiger partial charge in [0.15, 0.2) is 0 Å². The molecule has 2 aromatic rings. The Morgan fingerprint density at radius 1 is 1.08 bits per heavy atom. The van der Waals surface area contributed by atoms with Crippen LogP contribution in [0.25, 0.3) is 0 Å². The zero-order chi connectivity index (χ0) is 18.0. The highest BCUT2D eigenvalue weighted by Crippen LogP contribution is 2.47. The summed E-state index contributed by atoms with van der Waals surface area (Å²) in [6, 6.07) is 12.9. The number of carbonyl (C=O) groups excluding carboxylic acids is 2. The maximum absolute atomic E-state index is 12.4. The van der Waals surface area contributed by atoms with E-state index >= 15 is 0 Å². The summed E-state index contributed by atoms with van der Waals surface area (Å²) >= 11 is 0. The summed E-state index contributed by atoms with van der Waals surface area (Å²) < 4.78 is 5.85. The molecule has 25 heavy (non-hydrogen) atoms. The van der Waals surface area contributed by atoms with E-state index in [1.54, 1.807) is 31.1 Å². The first-order valence-electron chi connectivity index (χ1n) is 8.58. The van der Waals surface area contributed by atoms with Gasteiger partial charge in [-0.05, 0) is 36.6 Å². The van der Waals surface area contributed by atoms with Gasteiger partial charge in [-0.1, -0.05) is 25.1 Å². The number of hydrogen-bond acceptors (Lipinski definition) is 3. The molecular weight excluding hydrogens is 316 g/mol. The minimum Gasteiger partial charge on any atom is -0.464 e. The molecule has 1 aromatic carbocycles. The van der Waals surface area contributed by atoms with Crippen LogP contribution in [0.4, 0.5) is 0 Å². The van der Waals surface area contributed by atoms with Crippen LogP contribution >= 0.6 is 0 Å². The first kappa shape index (κ1) is 17.3. The lowest BCUT2D eigenvalue weighted by atomic mass is 10.2. The highest BCUT2D eigenvalue weighted by atomic mass is 16.3. The number of benzene rings is 1. The molecule has 1 aliphatic carbocycles. The molecule has 0 radical (unpaired) electrons. The average molecular weight is 340 g/mol. The van der Waals surface area contributed by atoms with Crippen molar-refractivity contribution < 1.29 is 14.0 Å². The smallest absolute Gasteiger partial charge is 0.254 e. The molecule has 3 rings (SSSR count). The van der Waals surface area contributed by atoms with Crippen molar-refractivity contribution in [2.24, 2.45) is 5.92 Å². The molecule has 5 heteroatoms.